The van der Waals surface area contributed by atoms with E-state index in [0.717, 1.165) is 11.4 Å². The summed E-state index contributed by atoms with van der Waals surface area (Å²) in [5, 5.41) is 13.0. The molecule has 0 saturated heterocycles. The van der Waals surface area contributed by atoms with Crippen molar-refractivity contribution in [2.45, 2.75) is 31.7 Å². The molecule has 0 saturated carbocycles. The van der Waals surface area contributed by atoms with Gasteiger partial charge in [-0.25, -0.2) is 9.97 Å². The van der Waals surface area contributed by atoms with Crippen molar-refractivity contribution in [3.63, 3.8) is 0 Å². The van der Waals surface area contributed by atoms with E-state index in [-0.39, 0.29) is 6.61 Å². The van der Waals surface area contributed by atoms with E-state index in [9.17, 15) is 0 Å². The Bertz CT molecular complexity index is 304. The molecule has 14 heavy (non-hydrogen) atoms. The fourth-order valence-electron chi connectivity index (χ4n) is 1.00. The van der Waals surface area contributed by atoms with E-state index in [0.29, 0.717) is 11.2 Å². The Hall–Kier alpha value is -0.810. The smallest absolute Gasteiger partial charge is 0.189 e. The number of hydrogen-bond acceptors (Lipinski definition) is 5. The van der Waals surface area contributed by atoms with Crippen LogP contribution >= 0.6 is 11.8 Å². The highest BCUT2D eigenvalue weighted by atomic mass is 32.2. The van der Waals surface area contributed by atoms with E-state index < -0.39 is 0 Å². The molecule has 0 fully saturated rings. The lowest BCUT2D eigenvalue weighted by atomic mass is 10.3. The molecule has 1 rings (SSSR count). The topological polar surface area (TPSA) is 58.0 Å². The molecule has 78 valence electrons. The van der Waals surface area contributed by atoms with Crippen LogP contribution in [0.4, 0.5) is 5.82 Å². The van der Waals surface area contributed by atoms with Crippen LogP contribution in [0.25, 0.3) is 0 Å². The van der Waals surface area contributed by atoms with Gasteiger partial charge in [0.2, 0.25) is 0 Å². The number of nitrogens with zero attached hydrogens (tertiary/aromatic N) is 2. The predicted octanol–water partition coefficient (Wildman–Crippen LogP) is 1.51. The van der Waals surface area contributed by atoms with E-state index in [1.807, 2.05) is 20.1 Å². The molecular formula is C9H15N3OS. The summed E-state index contributed by atoms with van der Waals surface area (Å²) >= 11 is 1.49. The van der Waals surface area contributed by atoms with Crippen LogP contribution in [0.5, 0.6) is 0 Å². The molecule has 0 aromatic carbocycles. The molecule has 0 amide bonds. The second-order valence-electron chi connectivity index (χ2n) is 3.19. The molecule has 0 aliphatic rings. The number of anilines is 1. The molecule has 1 heterocycles. The molecule has 0 unspecified atom stereocenters. The summed E-state index contributed by atoms with van der Waals surface area (Å²) in [6.45, 7) is 4.02. The SMILES string of the molecule is CSc1ncc(CO)c(NC(C)C)n1. The number of hydrogen-bond donors (Lipinski definition) is 2. The van der Waals surface area contributed by atoms with Gasteiger partial charge in [0.1, 0.15) is 5.82 Å². The van der Waals surface area contributed by atoms with Crippen molar-refractivity contribution in [2.24, 2.45) is 0 Å². The quantitative estimate of drug-likeness (QED) is 0.586. The molecule has 0 aliphatic heterocycles. The third-order valence-corrected chi connectivity index (χ3v) is 2.18. The Kier molecular flexibility index (Phi) is 4.16. The van der Waals surface area contributed by atoms with Gasteiger partial charge in [-0.2, -0.15) is 0 Å². The van der Waals surface area contributed by atoms with Gasteiger partial charge in [-0.3, -0.25) is 0 Å². The van der Waals surface area contributed by atoms with Gasteiger partial charge in [0.15, 0.2) is 5.16 Å². The molecule has 1 aromatic rings. The molecule has 0 spiro atoms. The van der Waals surface area contributed by atoms with Gasteiger partial charge in [0.05, 0.1) is 6.61 Å². The summed E-state index contributed by atoms with van der Waals surface area (Å²) < 4.78 is 0. The fourth-order valence-corrected chi connectivity index (χ4v) is 1.34. The summed E-state index contributed by atoms with van der Waals surface area (Å²) in [5.41, 5.74) is 0.733. The van der Waals surface area contributed by atoms with E-state index in [4.69, 9.17) is 5.11 Å². The number of aliphatic hydroxyl groups excluding tert-OH is 1. The molecule has 0 radical (unpaired) electrons. The van der Waals surface area contributed by atoms with E-state index in [2.05, 4.69) is 15.3 Å². The second-order valence-corrected chi connectivity index (χ2v) is 3.96. The van der Waals surface area contributed by atoms with Crippen molar-refractivity contribution in [3.8, 4) is 0 Å². The second kappa shape index (κ2) is 5.17. The lowest BCUT2D eigenvalue weighted by Gasteiger charge is -2.12. The van der Waals surface area contributed by atoms with Gasteiger partial charge >= 0.3 is 0 Å². The minimum atomic E-state index is -0.0380. The van der Waals surface area contributed by atoms with Crippen molar-refractivity contribution in [2.75, 3.05) is 11.6 Å². The average molecular weight is 213 g/mol. The fraction of sp³-hybridized carbons (Fsp3) is 0.556. The highest BCUT2D eigenvalue weighted by Gasteiger charge is 2.06. The van der Waals surface area contributed by atoms with Gasteiger partial charge in [-0.05, 0) is 20.1 Å². The van der Waals surface area contributed by atoms with Crippen molar-refractivity contribution >= 4 is 17.6 Å². The van der Waals surface area contributed by atoms with Crippen LogP contribution in [0.15, 0.2) is 11.4 Å². The highest BCUT2D eigenvalue weighted by molar-refractivity contribution is 7.98. The average Bonchev–Trinajstić information content (AvgIpc) is 2.16. The lowest BCUT2D eigenvalue weighted by molar-refractivity contribution is 0.281. The van der Waals surface area contributed by atoms with Gasteiger partial charge < -0.3 is 10.4 Å². The Morgan fingerprint density at radius 2 is 2.29 bits per heavy atom. The zero-order valence-electron chi connectivity index (χ0n) is 8.61. The zero-order valence-corrected chi connectivity index (χ0v) is 9.43. The Balaban J connectivity index is 2.96. The first-order chi connectivity index (χ1) is 6.67. The van der Waals surface area contributed by atoms with Crippen LogP contribution in [-0.2, 0) is 6.61 Å². The van der Waals surface area contributed by atoms with E-state index >= 15 is 0 Å². The summed E-state index contributed by atoms with van der Waals surface area (Å²) in [7, 11) is 0. The summed E-state index contributed by atoms with van der Waals surface area (Å²) in [6.07, 6.45) is 3.58. The standard InChI is InChI=1S/C9H15N3OS/c1-6(2)11-8-7(5-13)4-10-9(12-8)14-3/h4,6,13H,5H2,1-3H3,(H,10,11,12). The van der Waals surface area contributed by atoms with Crippen molar-refractivity contribution in [1.82, 2.24) is 9.97 Å². The summed E-state index contributed by atoms with van der Waals surface area (Å²) in [5.74, 6) is 0.724. The maximum Gasteiger partial charge on any atom is 0.189 e. The number of thioether (sulfide) groups is 1. The third-order valence-electron chi connectivity index (χ3n) is 1.62. The van der Waals surface area contributed by atoms with Gasteiger partial charge in [0.25, 0.3) is 0 Å². The highest BCUT2D eigenvalue weighted by Crippen LogP contribution is 2.16. The van der Waals surface area contributed by atoms with Crippen LogP contribution in [0, 0.1) is 0 Å². The predicted molar refractivity (Wildman–Crippen MR) is 58.5 cm³/mol. The van der Waals surface area contributed by atoms with Gasteiger partial charge in [-0.1, -0.05) is 11.8 Å². The Labute approximate surface area is 88.2 Å². The first kappa shape index (κ1) is 11.3. The minimum Gasteiger partial charge on any atom is -0.391 e. The Morgan fingerprint density at radius 3 is 2.79 bits per heavy atom. The van der Waals surface area contributed by atoms with Crippen LogP contribution < -0.4 is 5.32 Å². The Morgan fingerprint density at radius 1 is 1.57 bits per heavy atom. The molecule has 0 aliphatic carbocycles. The summed E-state index contributed by atoms with van der Waals surface area (Å²) in [4.78, 5) is 8.37. The zero-order chi connectivity index (χ0) is 10.6. The molecule has 0 atom stereocenters. The first-order valence-electron chi connectivity index (χ1n) is 4.44. The van der Waals surface area contributed by atoms with Crippen LogP contribution in [0.2, 0.25) is 0 Å². The normalized spacial score (nSPS) is 10.6. The molecular weight excluding hydrogens is 198 g/mol. The van der Waals surface area contributed by atoms with Crippen LogP contribution in [-0.4, -0.2) is 27.4 Å². The van der Waals surface area contributed by atoms with Gasteiger partial charge in [-0.15, -0.1) is 0 Å². The van der Waals surface area contributed by atoms with Crippen LogP contribution in [0.1, 0.15) is 19.4 Å². The lowest BCUT2D eigenvalue weighted by Crippen LogP contribution is -2.13. The maximum atomic E-state index is 9.07. The minimum absolute atomic E-state index is 0.0380. The van der Waals surface area contributed by atoms with Crippen LogP contribution in [0.3, 0.4) is 0 Å². The number of aliphatic hydroxyl groups is 1. The molecule has 2 N–H and O–H groups in total. The first-order valence-corrected chi connectivity index (χ1v) is 5.67. The van der Waals surface area contributed by atoms with Gasteiger partial charge in [0, 0.05) is 17.8 Å². The number of rotatable bonds is 4. The molecule has 1 aromatic heterocycles. The maximum absolute atomic E-state index is 9.07. The monoisotopic (exact) mass is 213 g/mol. The third kappa shape index (κ3) is 2.85. The van der Waals surface area contributed by atoms with E-state index in [1.54, 1.807) is 6.20 Å². The van der Waals surface area contributed by atoms with Crippen molar-refractivity contribution in [1.29, 1.82) is 0 Å². The summed E-state index contributed by atoms with van der Waals surface area (Å²) in [6, 6.07) is 0.296. The molecule has 5 heteroatoms. The van der Waals surface area contributed by atoms with E-state index in [1.165, 1.54) is 11.8 Å². The molecule has 0 bridgehead atoms. The van der Waals surface area contributed by atoms with Crippen molar-refractivity contribution < 1.29 is 5.11 Å². The number of nitrogens with one attached hydrogen (secondary N) is 1. The largest absolute Gasteiger partial charge is 0.391 e. The molecule has 4 nitrogen and oxygen atoms in total. The van der Waals surface area contributed by atoms with Crippen molar-refractivity contribution in [3.05, 3.63) is 11.8 Å². The number of aromatic nitrogens is 2.